The quantitative estimate of drug-likeness (QED) is 0.704. The maximum Gasteiger partial charge on any atom is 0.232 e. The molecular weight excluding hydrogens is 270 g/mol. The van der Waals surface area contributed by atoms with Crippen molar-refractivity contribution in [3.63, 3.8) is 0 Å². The molecule has 0 saturated carbocycles. The van der Waals surface area contributed by atoms with Gasteiger partial charge in [-0.1, -0.05) is 18.2 Å². The number of carboxylic acid groups (broad SMARTS) is 1. The van der Waals surface area contributed by atoms with Crippen LogP contribution in [0.5, 0.6) is 0 Å². The number of rotatable bonds is 3. The van der Waals surface area contributed by atoms with Crippen LogP contribution in [0.4, 0.5) is 5.95 Å². The molecule has 0 radical (unpaired) electrons. The molecule has 1 aromatic carbocycles. The number of quaternary nitrogens is 1. The highest BCUT2D eigenvalue weighted by atomic mass is 16.4. The Balaban J connectivity index is 2.03. The normalized spacial score (nSPS) is 16.1. The average molecular weight is 287 g/mol. The van der Waals surface area contributed by atoms with E-state index in [0.29, 0.717) is 5.95 Å². The van der Waals surface area contributed by atoms with E-state index in [1.165, 1.54) is 4.90 Å². The number of nitrogens with one attached hydrogen (secondary N) is 1. The summed E-state index contributed by atoms with van der Waals surface area (Å²) in [5.41, 5.74) is 0.725. The fourth-order valence-electron chi connectivity index (χ4n) is 2.52. The molecule has 7 heteroatoms. The lowest BCUT2D eigenvalue weighted by molar-refractivity contribution is -0.880. The first-order valence-corrected chi connectivity index (χ1v) is 6.95. The lowest BCUT2D eigenvalue weighted by Crippen LogP contribution is -3.12. The summed E-state index contributed by atoms with van der Waals surface area (Å²) in [5, 5.41) is 19.1. The second-order valence-electron chi connectivity index (χ2n) is 5.23. The van der Waals surface area contributed by atoms with E-state index in [1.54, 1.807) is 4.57 Å². The predicted molar refractivity (Wildman–Crippen MR) is 74.5 cm³/mol. The summed E-state index contributed by atoms with van der Waals surface area (Å²) in [6, 6.07) is 9.26. The van der Waals surface area contributed by atoms with E-state index in [4.69, 9.17) is 0 Å². The van der Waals surface area contributed by atoms with Crippen molar-refractivity contribution < 1.29 is 14.8 Å². The van der Waals surface area contributed by atoms with Crippen molar-refractivity contribution in [3.05, 3.63) is 36.2 Å². The smallest absolute Gasteiger partial charge is 0.232 e. The lowest BCUT2D eigenvalue weighted by Gasteiger charge is -2.30. The minimum absolute atomic E-state index is 0.164. The molecule has 110 valence electrons. The van der Waals surface area contributed by atoms with Crippen LogP contribution < -0.4 is 14.9 Å². The number of benzene rings is 1. The Morgan fingerprint density at radius 1 is 1.19 bits per heavy atom. The highest BCUT2D eigenvalue weighted by molar-refractivity contribution is 5.83. The number of carboxylic acids is 1. The average Bonchev–Trinajstić information content (AvgIpc) is 2.94. The molecule has 1 aliphatic rings. The second-order valence-corrected chi connectivity index (χ2v) is 5.23. The zero-order chi connectivity index (χ0) is 14.8. The van der Waals surface area contributed by atoms with E-state index >= 15 is 0 Å². The first kappa shape index (κ1) is 13.6. The molecule has 0 bridgehead atoms. The van der Waals surface area contributed by atoms with Gasteiger partial charge in [-0.2, -0.15) is 0 Å². The SMILES string of the molecule is C[NH+]1CCN(c2nnc(C(=O)[O-])n2-c2ccccc2)CC1. The summed E-state index contributed by atoms with van der Waals surface area (Å²) in [7, 11) is 2.14. The number of piperazine rings is 1. The fourth-order valence-corrected chi connectivity index (χ4v) is 2.52. The van der Waals surface area contributed by atoms with Gasteiger partial charge < -0.3 is 19.7 Å². The number of hydrogen-bond donors (Lipinski definition) is 1. The molecule has 3 rings (SSSR count). The van der Waals surface area contributed by atoms with Crippen LogP contribution in [-0.4, -0.2) is 54.0 Å². The van der Waals surface area contributed by atoms with Crippen LogP contribution in [0.15, 0.2) is 30.3 Å². The molecule has 1 aliphatic heterocycles. The number of para-hydroxylation sites is 1. The lowest BCUT2D eigenvalue weighted by atomic mass is 10.3. The van der Waals surface area contributed by atoms with Gasteiger partial charge in [0, 0.05) is 0 Å². The molecule has 0 spiro atoms. The largest absolute Gasteiger partial charge is 0.541 e. The van der Waals surface area contributed by atoms with Crippen molar-refractivity contribution in [3.8, 4) is 5.69 Å². The van der Waals surface area contributed by atoms with E-state index in [2.05, 4.69) is 22.1 Å². The van der Waals surface area contributed by atoms with Crippen LogP contribution in [-0.2, 0) is 0 Å². The summed E-state index contributed by atoms with van der Waals surface area (Å²) in [5.74, 6) is -0.923. The molecule has 0 amide bonds. The number of carbonyl (C=O) groups is 1. The van der Waals surface area contributed by atoms with Crippen LogP contribution in [0, 0.1) is 0 Å². The molecule has 2 heterocycles. The van der Waals surface area contributed by atoms with E-state index < -0.39 is 5.97 Å². The number of aromatic carboxylic acids is 1. The highest BCUT2D eigenvalue weighted by Crippen LogP contribution is 2.19. The minimum atomic E-state index is -1.32. The molecule has 0 aliphatic carbocycles. The van der Waals surface area contributed by atoms with Crippen molar-refractivity contribution in [2.24, 2.45) is 0 Å². The number of likely N-dealkylation sites (N-methyl/N-ethyl adjacent to an activating group) is 1. The third kappa shape index (κ3) is 2.59. The molecule has 2 aromatic rings. The summed E-state index contributed by atoms with van der Waals surface area (Å²) < 4.78 is 1.55. The van der Waals surface area contributed by atoms with Crippen molar-refractivity contribution in [2.45, 2.75) is 0 Å². The van der Waals surface area contributed by atoms with E-state index in [-0.39, 0.29) is 5.82 Å². The summed E-state index contributed by atoms with van der Waals surface area (Å²) in [4.78, 5) is 14.8. The van der Waals surface area contributed by atoms with Gasteiger partial charge in [0.15, 0.2) is 5.82 Å². The first-order chi connectivity index (χ1) is 10.2. The first-order valence-electron chi connectivity index (χ1n) is 6.95. The predicted octanol–water partition coefficient (Wildman–Crippen LogP) is -2.03. The summed E-state index contributed by atoms with van der Waals surface area (Å²) in [6.07, 6.45) is 0. The van der Waals surface area contributed by atoms with Crippen LogP contribution >= 0.6 is 0 Å². The van der Waals surface area contributed by atoms with Crippen LogP contribution in [0.2, 0.25) is 0 Å². The van der Waals surface area contributed by atoms with Crippen molar-refractivity contribution in [1.29, 1.82) is 0 Å². The fraction of sp³-hybridized carbons (Fsp3) is 0.357. The number of hydrogen-bond acceptors (Lipinski definition) is 5. The number of aromatic nitrogens is 3. The van der Waals surface area contributed by atoms with Gasteiger partial charge in [0.1, 0.15) is 5.97 Å². The molecule has 1 aromatic heterocycles. The topological polar surface area (TPSA) is 78.5 Å². The van der Waals surface area contributed by atoms with Gasteiger partial charge >= 0.3 is 0 Å². The van der Waals surface area contributed by atoms with Crippen LogP contribution in [0.25, 0.3) is 5.69 Å². The maximum absolute atomic E-state index is 11.3. The Morgan fingerprint density at radius 3 is 2.48 bits per heavy atom. The Morgan fingerprint density at radius 2 is 1.86 bits per heavy atom. The van der Waals surface area contributed by atoms with Crippen LogP contribution in [0.1, 0.15) is 10.6 Å². The molecule has 7 nitrogen and oxygen atoms in total. The molecule has 1 saturated heterocycles. The Bertz CT molecular complexity index is 632. The summed E-state index contributed by atoms with van der Waals surface area (Å²) in [6.45, 7) is 3.62. The zero-order valence-corrected chi connectivity index (χ0v) is 11.8. The molecule has 1 fully saturated rings. The number of carbonyl (C=O) groups excluding carboxylic acids is 1. The monoisotopic (exact) mass is 287 g/mol. The third-order valence-corrected chi connectivity index (χ3v) is 3.74. The highest BCUT2D eigenvalue weighted by Gasteiger charge is 2.24. The van der Waals surface area contributed by atoms with Gasteiger partial charge in [-0.25, -0.2) is 0 Å². The standard InChI is InChI=1S/C14H17N5O2/c1-17-7-9-18(10-8-17)14-16-15-12(13(20)21)19(14)11-5-3-2-4-6-11/h2-6H,7-10H2,1H3,(H,20,21). The molecule has 21 heavy (non-hydrogen) atoms. The van der Waals surface area contributed by atoms with Crippen molar-refractivity contribution in [2.75, 3.05) is 38.1 Å². The number of anilines is 1. The van der Waals surface area contributed by atoms with E-state index in [1.807, 2.05) is 30.3 Å². The van der Waals surface area contributed by atoms with Crippen molar-refractivity contribution >= 4 is 11.9 Å². The van der Waals surface area contributed by atoms with Gasteiger partial charge in [-0.3, -0.25) is 4.57 Å². The van der Waals surface area contributed by atoms with E-state index in [9.17, 15) is 9.90 Å². The second kappa shape index (κ2) is 5.53. The van der Waals surface area contributed by atoms with Gasteiger partial charge in [-0.05, 0) is 12.1 Å². The Kier molecular flexibility index (Phi) is 3.57. The van der Waals surface area contributed by atoms with Gasteiger partial charge in [0.25, 0.3) is 0 Å². The Hall–Kier alpha value is -2.41. The molecular formula is C14H17N5O2. The molecule has 0 unspecified atom stereocenters. The van der Waals surface area contributed by atoms with Gasteiger partial charge in [0.2, 0.25) is 5.95 Å². The third-order valence-electron chi connectivity index (χ3n) is 3.74. The summed E-state index contributed by atoms with van der Waals surface area (Å²) >= 11 is 0. The van der Waals surface area contributed by atoms with Gasteiger partial charge in [-0.15, -0.1) is 10.2 Å². The van der Waals surface area contributed by atoms with Crippen LogP contribution in [0.3, 0.4) is 0 Å². The molecule has 1 N–H and O–H groups in total. The van der Waals surface area contributed by atoms with Crippen molar-refractivity contribution in [1.82, 2.24) is 14.8 Å². The van der Waals surface area contributed by atoms with E-state index in [0.717, 1.165) is 31.9 Å². The zero-order valence-electron chi connectivity index (χ0n) is 11.8. The molecule has 0 atom stereocenters. The number of nitrogens with zero attached hydrogens (tertiary/aromatic N) is 4. The maximum atomic E-state index is 11.3. The Labute approximate surface area is 122 Å². The van der Waals surface area contributed by atoms with Gasteiger partial charge in [0.05, 0.1) is 38.9 Å². The minimum Gasteiger partial charge on any atom is -0.541 e.